The Kier molecular flexibility index (Phi) is 4.02. The molecular weight excluding hydrogens is 226 g/mol. The average Bonchev–Trinajstić information content (AvgIpc) is 2.47. The van der Waals surface area contributed by atoms with E-state index in [1.54, 1.807) is 7.11 Å². The van der Waals surface area contributed by atoms with Gasteiger partial charge < -0.3 is 10.1 Å². The second-order valence-corrected chi connectivity index (χ2v) is 4.84. The fourth-order valence-corrected chi connectivity index (χ4v) is 2.83. The quantitative estimate of drug-likeness (QED) is 0.887. The molecule has 0 amide bonds. The van der Waals surface area contributed by atoms with Crippen molar-refractivity contribution in [1.29, 1.82) is 0 Å². The fraction of sp³-hybridized carbons (Fsp3) is 0.533. The molecule has 3 nitrogen and oxygen atoms in total. The minimum absolute atomic E-state index is 0.285. The van der Waals surface area contributed by atoms with Crippen molar-refractivity contribution >= 4 is 5.78 Å². The van der Waals surface area contributed by atoms with Gasteiger partial charge >= 0.3 is 0 Å². The van der Waals surface area contributed by atoms with Crippen molar-refractivity contribution in [1.82, 2.24) is 5.32 Å². The SMILES string of the molecule is CCC(=O)C1(c2ccc(OC)cc2)CCNCC1. The summed E-state index contributed by atoms with van der Waals surface area (Å²) in [6.45, 7) is 3.78. The lowest BCUT2D eigenvalue weighted by Crippen LogP contribution is -2.45. The Balaban J connectivity index is 2.35. The molecular formula is C15H21NO2. The molecule has 1 saturated heterocycles. The number of ether oxygens (including phenoxy) is 1. The summed E-state index contributed by atoms with van der Waals surface area (Å²) in [6, 6.07) is 7.97. The van der Waals surface area contributed by atoms with Crippen LogP contribution in [0.5, 0.6) is 5.75 Å². The highest BCUT2D eigenvalue weighted by Crippen LogP contribution is 2.36. The van der Waals surface area contributed by atoms with Crippen LogP contribution in [0.1, 0.15) is 31.7 Å². The first-order valence-corrected chi connectivity index (χ1v) is 6.61. The van der Waals surface area contributed by atoms with Crippen molar-refractivity contribution in [3.05, 3.63) is 29.8 Å². The summed E-state index contributed by atoms with van der Waals surface area (Å²) < 4.78 is 5.18. The van der Waals surface area contributed by atoms with Gasteiger partial charge in [0, 0.05) is 6.42 Å². The first-order chi connectivity index (χ1) is 8.73. The van der Waals surface area contributed by atoms with E-state index in [4.69, 9.17) is 4.74 Å². The second kappa shape index (κ2) is 5.53. The van der Waals surface area contributed by atoms with E-state index in [9.17, 15) is 4.79 Å². The fourth-order valence-electron chi connectivity index (χ4n) is 2.83. The number of nitrogens with one attached hydrogen (secondary N) is 1. The number of carbonyl (C=O) groups excluding carboxylic acids is 1. The molecule has 0 aliphatic carbocycles. The van der Waals surface area contributed by atoms with E-state index in [2.05, 4.69) is 5.32 Å². The monoisotopic (exact) mass is 247 g/mol. The molecule has 1 N–H and O–H groups in total. The van der Waals surface area contributed by atoms with Crippen LogP contribution in [0, 0.1) is 0 Å². The molecule has 1 aliphatic rings. The number of ketones is 1. The number of piperidine rings is 1. The maximum Gasteiger partial charge on any atom is 0.143 e. The van der Waals surface area contributed by atoms with Crippen molar-refractivity contribution in [2.24, 2.45) is 0 Å². The largest absolute Gasteiger partial charge is 0.497 e. The molecule has 0 unspecified atom stereocenters. The van der Waals surface area contributed by atoms with Crippen LogP contribution in [0.15, 0.2) is 24.3 Å². The Hall–Kier alpha value is -1.35. The predicted molar refractivity (Wildman–Crippen MR) is 72.1 cm³/mol. The Bertz CT molecular complexity index is 405. The minimum atomic E-state index is -0.285. The first kappa shape index (κ1) is 13.1. The van der Waals surface area contributed by atoms with E-state index >= 15 is 0 Å². The van der Waals surface area contributed by atoms with Gasteiger partial charge in [-0.15, -0.1) is 0 Å². The van der Waals surface area contributed by atoms with Gasteiger partial charge in [-0.2, -0.15) is 0 Å². The summed E-state index contributed by atoms with van der Waals surface area (Å²) in [5.41, 5.74) is 0.850. The third-order valence-electron chi connectivity index (χ3n) is 3.95. The minimum Gasteiger partial charge on any atom is -0.497 e. The van der Waals surface area contributed by atoms with E-state index < -0.39 is 0 Å². The number of hydrogen-bond donors (Lipinski definition) is 1. The van der Waals surface area contributed by atoms with Crippen LogP contribution < -0.4 is 10.1 Å². The highest BCUT2D eigenvalue weighted by atomic mass is 16.5. The summed E-state index contributed by atoms with van der Waals surface area (Å²) in [5.74, 6) is 1.20. The molecule has 3 heteroatoms. The lowest BCUT2D eigenvalue weighted by molar-refractivity contribution is -0.125. The summed E-state index contributed by atoms with van der Waals surface area (Å²) >= 11 is 0. The molecule has 1 aliphatic heterocycles. The molecule has 18 heavy (non-hydrogen) atoms. The molecule has 98 valence electrons. The molecule has 1 aromatic carbocycles. The Labute approximate surface area is 109 Å². The van der Waals surface area contributed by atoms with Crippen LogP contribution in [0.3, 0.4) is 0 Å². The molecule has 0 radical (unpaired) electrons. The van der Waals surface area contributed by atoms with Gasteiger partial charge in [0.2, 0.25) is 0 Å². The molecule has 1 fully saturated rings. The predicted octanol–water partition coefficient (Wildman–Crippen LogP) is 2.30. The van der Waals surface area contributed by atoms with Crippen LogP contribution in [-0.4, -0.2) is 26.0 Å². The Morgan fingerprint density at radius 1 is 1.28 bits per heavy atom. The zero-order chi connectivity index (χ0) is 13.0. The zero-order valence-corrected chi connectivity index (χ0v) is 11.2. The summed E-state index contributed by atoms with van der Waals surface area (Å²) in [7, 11) is 1.66. The first-order valence-electron chi connectivity index (χ1n) is 6.61. The average molecular weight is 247 g/mol. The van der Waals surface area contributed by atoms with E-state index in [0.29, 0.717) is 12.2 Å². The molecule has 0 saturated carbocycles. The van der Waals surface area contributed by atoms with Crippen molar-refractivity contribution in [2.75, 3.05) is 20.2 Å². The van der Waals surface area contributed by atoms with Crippen molar-refractivity contribution in [2.45, 2.75) is 31.6 Å². The van der Waals surface area contributed by atoms with E-state index in [0.717, 1.165) is 37.2 Å². The molecule has 0 atom stereocenters. The summed E-state index contributed by atoms with van der Waals surface area (Å²) in [5, 5.41) is 3.33. The molecule has 2 rings (SSSR count). The molecule has 0 bridgehead atoms. The number of Topliss-reactive ketones (excluding diaryl/α,β-unsaturated/α-hetero) is 1. The van der Waals surface area contributed by atoms with Gasteiger partial charge in [0.05, 0.1) is 12.5 Å². The van der Waals surface area contributed by atoms with Crippen LogP contribution >= 0.6 is 0 Å². The Morgan fingerprint density at radius 2 is 1.89 bits per heavy atom. The smallest absolute Gasteiger partial charge is 0.143 e. The zero-order valence-electron chi connectivity index (χ0n) is 11.2. The highest BCUT2D eigenvalue weighted by Gasteiger charge is 2.39. The molecule has 1 aromatic rings. The van der Waals surface area contributed by atoms with Gasteiger partial charge in [-0.3, -0.25) is 4.79 Å². The number of carbonyl (C=O) groups is 1. The van der Waals surface area contributed by atoms with Crippen molar-refractivity contribution < 1.29 is 9.53 Å². The van der Waals surface area contributed by atoms with E-state index in [-0.39, 0.29) is 5.41 Å². The van der Waals surface area contributed by atoms with Crippen LogP contribution in [-0.2, 0) is 10.2 Å². The number of rotatable bonds is 4. The lowest BCUT2D eigenvalue weighted by atomic mass is 9.69. The number of benzene rings is 1. The summed E-state index contributed by atoms with van der Waals surface area (Å²) in [6.07, 6.45) is 2.39. The van der Waals surface area contributed by atoms with E-state index in [1.165, 1.54) is 0 Å². The molecule has 0 aromatic heterocycles. The van der Waals surface area contributed by atoms with Gasteiger partial charge in [-0.05, 0) is 43.6 Å². The maximum absolute atomic E-state index is 12.4. The highest BCUT2D eigenvalue weighted by molar-refractivity contribution is 5.90. The Morgan fingerprint density at radius 3 is 2.39 bits per heavy atom. The van der Waals surface area contributed by atoms with Gasteiger partial charge in [0.25, 0.3) is 0 Å². The normalized spacial score (nSPS) is 18.3. The second-order valence-electron chi connectivity index (χ2n) is 4.84. The lowest BCUT2D eigenvalue weighted by Gasteiger charge is -2.36. The third kappa shape index (κ3) is 2.27. The van der Waals surface area contributed by atoms with Gasteiger partial charge in [-0.25, -0.2) is 0 Å². The van der Waals surface area contributed by atoms with Crippen LogP contribution in [0.25, 0.3) is 0 Å². The van der Waals surface area contributed by atoms with Crippen LogP contribution in [0.2, 0.25) is 0 Å². The van der Waals surface area contributed by atoms with Gasteiger partial charge in [0.15, 0.2) is 0 Å². The van der Waals surface area contributed by atoms with Crippen LogP contribution in [0.4, 0.5) is 0 Å². The third-order valence-corrected chi connectivity index (χ3v) is 3.95. The maximum atomic E-state index is 12.4. The molecule has 0 spiro atoms. The topological polar surface area (TPSA) is 38.3 Å². The van der Waals surface area contributed by atoms with Gasteiger partial charge in [0.1, 0.15) is 11.5 Å². The van der Waals surface area contributed by atoms with Crippen molar-refractivity contribution in [3.63, 3.8) is 0 Å². The molecule has 1 heterocycles. The summed E-state index contributed by atoms with van der Waals surface area (Å²) in [4.78, 5) is 12.4. The van der Waals surface area contributed by atoms with Crippen molar-refractivity contribution in [3.8, 4) is 5.75 Å². The van der Waals surface area contributed by atoms with Gasteiger partial charge in [-0.1, -0.05) is 19.1 Å². The standard InChI is InChI=1S/C15H21NO2/c1-3-14(17)15(8-10-16-11-9-15)12-4-6-13(18-2)7-5-12/h4-7,16H,3,8-11H2,1-2H3. The number of methoxy groups -OCH3 is 1. The number of hydrogen-bond acceptors (Lipinski definition) is 3. The van der Waals surface area contributed by atoms with E-state index in [1.807, 2.05) is 31.2 Å².